The Morgan fingerprint density at radius 1 is 1.14 bits per heavy atom. The van der Waals surface area contributed by atoms with E-state index in [-0.39, 0.29) is 5.60 Å². The van der Waals surface area contributed by atoms with Gasteiger partial charge in [-0.05, 0) is 32.0 Å². The van der Waals surface area contributed by atoms with Crippen LogP contribution in [0, 0.1) is 0 Å². The molecule has 0 N–H and O–H groups in total. The molecule has 0 aromatic carbocycles. The zero-order valence-electron chi connectivity index (χ0n) is 14.6. The molecule has 0 saturated heterocycles. The first-order valence-corrected chi connectivity index (χ1v) is 10.4. The van der Waals surface area contributed by atoms with Gasteiger partial charge in [0.15, 0.2) is 8.32 Å². The molecule has 0 spiro atoms. The third kappa shape index (κ3) is 4.88. The highest BCUT2D eigenvalue weighted by molar-refractivity contribution is 6.73. The predicted octanol–water partition coefficient (Wildman–Crippen LogP) is 3.61. The van der Waals surface area contributed by atoms with E-state index in [9.17, 15) is 4.79 Å². The maximum atomic E-state index is 11.4. The quantitative estimate of drug-likeness (QED) is 0.540. The minimum Gasteiger partial charge on any atom is -0.465 e. The SMILES string of the molecule is CC[Si](CC)(CC)OC(C)(C)Cc1ncc(C(=O)OC)cn1. The van der Waals surface area contributed by atoms with Crippen molar-refractivity contribution < 1.29 is 14.0 Å². The van der Waals surface area contributed by atoms with Crippen LogP contribution < -0.4 is 0 Å². The Morgan fingerprint density at radius 2 is 1.64 bits per heavy atom. The van der Waals surface area contributed by atoms with E-state index in [2.05, 4.69) is 49.3 Å². The monoisotopic (exact) mass is 324 g/mol. The number of hydrogen-bond acceptors (Lipinski definition) is 5. The van der Waals surface area contributed by atoms with Gasteiger partial charge in [0, 0.05) is 18.8 Å². The normalized spacial score (nSPS) is 12.3. The first-order chi connectivity index (χ1) is 10.3. The van der Waals surface area contributed by atoms with E-state index in [0.717, 1.165) is 18.1 Å². The highest BCUT2D eigenvalue weighted by atomic mass is 28.4. The van der Waals surface area contributed by atoms with Crippen LogP contribution in [0.1, 0.15) is 50.8 Å². The number of nitrogens with zero attached hydrogens (tertiary/aromatic N) is 2. The second kappa shape index (κ2) is 7.83. The average Bonchev–Trinajstić information content (AvgIpc) is 2.52. The van der Waals surface area contributed by atoms with Gasteiger partial charge in [0.05, 0.1) is 18.3 Å². The van der Waals surface area contributed by atoms with Gasteiger partial charge in [-0.3, -0.25) is 0 Å². The summed E-state index contributed by atoms with van der Waals surface area (Å²) in [6.07, 6.45) is 3.64. The number of rotatable bonds is 8. The van der Waals surface area contributed by atoms with Crippen molar-refractivity contribution in [2.24, 2.45) is 0 Å². The Kier molecular flexibility index (Phi) is 6.68. The summed E-state index contributed by atoms with van der Waals surface area (Å²) in [6, 6.07) is 3.35. The lowest BCUT2D eigenvalue weighted by Crippen LogP contribution is -2.45. The first-order valence-electron chi connectivity index (χ1n) is 7.90. The fraction of sp³-hybridized carbons (Fsp3) is 0.688. The van der Waals surface area contributed by atoms with E-state index in [1.54, 1.807) is 0 Å². The second-order valence-corrected chi connectivity index (χ2v) is 10.9. The standard InChI is InChI=1S/C16H28N2O3Si/c1-7-22(8-2,9-3)21-16(4,5)10-14-17-11-13(12-18-14)15(19)20-6/h11-12H,7-10H2,1-6H3. The smallest absolute Gasteiger partial charge is 0.341 e. The highest BCUT2D eigenvalue weighted by Crippen LogP contribution is 2.29. The van der Waals surface area contributed by atoms with Crippen LogP contribution in [0.5, 0.6) is 0 Å². The Balaban J connectivity index is 2.81. The number of hydrogen-bond donors (Lipinski definition) is 0. The number of esters is 1. The first kappa shape index (κ1) is 18.8. The number of methoxy groups -OCH3 is 1. The van der Waals surface area contributed by atoms with Crippen LogP contribution in [0.25, 0.3) is 0 Å². The molecule has 0 atom stereocenters. The summed E-state index contributed by atoms with van der Waals surface area (Å²) in [5.74, 6) is 0.264. The van der Waals surface area contributed by atoms with Gasteiger partial charge >= 0.3 is 5.97 Å². The molecular formula is C16H28N2O3Si. The van der Waals surface area contributed by atoms with Crippen LogP contribution in [-0.2, 0) is 15.6 Å². The third-order valence-electron chi connectivity index (χ3n) is 4.14. The van der Waals surface area contributed by atoms with Gasteiger partial charge in [0.2, 0.25) is 0 Å². The van der Waals surface area contributed by atoms with Crippen molar-refractivity contribution in [1.29, 1.82) is 0 Å². The maximum absolute atomic E-state index is 11.4. The highest BCUT2D eigenvalue weighted by Gasteiger charge is 2.36. The lowest BCUT2D eigenvalue weighted by molar-refractivity contribution is 0.0599. The molecule has 0 aliphatic carbocycles. The Bertz CT molecular complexity index is 476. The number of carbonyl (C=O) groups excluding carboxylic acids is 1. The van der Waals surface area contributed by atoms with Crippen molar-refractivity contribution in [3.8, 4) is 0 Å². The van der Waals surface area contributed by atoms with Crippen molar-refractivity contribution in [1.82, 2.24) is 9.97 Å². The van der Waals surface area contributed by atoms with Crippen molar-refractivity contribution in [2.75, 3.05) is 7.11 Å². The molecule has 1 heterocycles. The molecule has 0 aliphatic heterocycles. The summed E-state index contributed by atoms with van der Waals surface area (Å²) < 4.78 is 11.2. The van der Waals surface area contributed by atoms with Gasteiger partial charge < -0.3 is 9.16 Å². The van der Waals surface area contributed by atoms with Crippen LogP contribution in [-0.4, -0.2) is 37.0 Å². The summed E-state index contributed by atoms with van der Waals surface area (Å²) in [7, 11) is -0.326. The summed E-state index contributed by atoms with van der Waals surface area (Å²) in [5.41, 5.74) is 0.0606. The molecule has 6 heteroatoms. The number of ether oxygens (including phenoxy) is 1. The molecule has 1 aromatic rings. The van der Waals surface area contributed by atoms with Gasteiger partial charge in [-0.15, -0.1) is 0 Å². The zero-order valence-corrected chi connectivity index (χ0v) is 15.6. The molecule has 0 saturated carbocycles. The zero-order chi connectivity index (χ0) is 16.8. The minimum absolute atomic E-state index is 0.305. The molecule has 0 unspecified atom stereocenters. The molecule has 1 aromatic heterocycles. The topological polar surface area (TPSA) is 61.3 Å². The fourth-order valence-electron chi connectivity index (χ4n) is 2.64. The Morgan fingerprint density at radius 3 is 2.05 bits per heavy atom. The minimum atomic E-state index is -1.67. The number of carbonyl (C=O) groups is 1. The summed E-state index contributed by atoms with van der Waals surface area (Å²) in [4.78, 5) is 19.9. The summed E-state index contributed by atoms with van der Waals surface area (Å²) in [6.45, 7) is 10.8. The van der Waals surface area contributed by atoms with Gasteiger partial charge in [-0.2, -0.15) is 0 Å². The van der Waals surface area contributed by atoms with E-state index >= 15 is 0 Å². The van der Waals surface area contributed by atoms with E-state index in [0.29, 0.717) is 17.8 Å². The van der Waals surface area contributed by atoms with Gasteiger partial charge in [0.1, 0.15) is 5.82 Å². The lowest BCUT2D eigenvalue weighted by atomic mass is 10.1. The molecule has 0 aliphatic rings. The van der Waals surface area contributed by atoms with E-state index in [1.807, 2.05) is 0 Å². The molecule has 124 valence electrons. The van der Waals surface area contributed by atoms with E-state index in [4.69, 9.17) is 4.43 Å². The summed E-state index contributed by atoms with van der Waals surface area (Å²) in [5, 5.41) is 0. The second-order valence-electron chi connectivity index (χ2n) is 6.16. The molecule has 0 fully saturated rings. The van der Waals surface area contributed by atoms with Crippen LogP contribution in [0.3, 0.4) is 0 Å². The number of aromatic nitrogens is 2. The van der Waals surface area contributed by atoms with Crippen molar-refractivity contribution in [3.63, 3.8) is 0 Å². The Labute approximate surface area is 134 Å². The fourth-order valence-corrected chi connectivity index (χ4v) is 5.82. The van der Waals surface area contributed by atoms with Crippen LogP contribution in [0.15, 0.2) is 12.4 Å². The van der Waals surface area contributed by atoms with Crippen molar-refractivity contribution in [2.45, 2.75) is 64.8 Å². The molecule has 5 nitrogen and oxygen atoms in total. The molecule has 1 rings (SSSR count). The largest absolute Gasteiger partial charge is 0.465 e. The third-order valence-corrected chi connectivity index (χ3v) is 8.99. The molecule has 0 amide bonds. The van der Waals surface area contributed by atoms with Crippen LogP contribution >= 0.6 is 0 Å². The maximum Gasteiger partial charge on any atom is 0.341 e. The van der Waals surface area contributed by atoms with Gasteiger partial charge in [-0.1, -0.05) is 20.8 Å². The van der Waals surface area contributed by atoms with Crippen molar-refractivity contribution in [3.05, 3.63) is 23.8 Å². The van der Waals surface area contributed by atoms with Gasteiger partial charge in [0.25, 0.3) is 0 Å². The molecular weight excluding hydrogens is 296 g/mol. The lowest BCUT2D eigenvalue weighted by Gasteiger charge is -2.38. The Hall–Kier alpha value is -1.27. The van der Waals surface area contributed by atoms with Gasteiger partial charge in [-0.25, -0.2) is 14.8 Å². The molecule has 0 bridgehead atoms. The van der Waals surface area contributed by atoms with E-state index < -0.39 is 14.3 Å². The van der Waals surface area contributed by atoms with Crippen LogP contribution in [0.2, 0.25) is 18.1 Å². The molecule has 0 radical (unpaired) electrons. The van der Waals surface area contributed by atoms with Crippen molar-refractivity contribution >= 4 is 14.3 Å². The van der Waals surface area contributed by atoms with E-state index in [1.165, 1.54) is 19.5 Å². The average molecular weight is 324 g/mol. The van der Waals surface area contributed by atoms with Crippen LogP contribution in [0.4, 0.5) is 0 Å². The molecule has 22 heavy (non-hydrogen) atoms. The summed E-state index contributed by atoms with van der Waals surface area (Å²) >= 11 is 0. The predicted molar refractivity (Wildman–Crippen MR) is 89.4 cm³/mol.